The Morgan fingerprint density at radius 3 is 1.11 bits per heavy atom. The molecule has 364 valence electrons. The summed E-state index contributed by atoms with van der Waals surface area (Å²) in [6, 6.07) is 0. The summed E-state index contributed by atoms with van der Waals surface area (Å²) in [5, 5.41) is -0.282. The third kappa shape index (κ3) is 41.9. The molecule has 1 unspecified atom stereocenters. The van der Waals surface area contributed by atoms with Crippen molar-refractivity contribution in [2.45, 2.75) is 287 Å². The molecule has 0 rings (SSSR count). The number of rotatable bonds is 43. The summed E-state index contributed by atoms with van der Waals surface area (Å²) >= 11 is 1.24. The van der Waals surface area contributed by atoms with Crippen molar-refractivity contribution < 1.29 is 23.7 Å². The van der Waals surface area contributed by atoms with Gasteiger partial charge in [0.05, 0.1) is 26.1 Å². The van der Waals surface area contributed by atoms with Crippen LogP contribution in [0.1, 0.15) is 281 Å². The van der Waals surface area contributed by atoms with Gasteiger partial charge in [-0.05, 0) is 85.8 Å². The first-order chi connectivity index (χ1) is 29.0. The smallest absolute Gasteiger partial charge is 0.372 e. The largest absolute Gasteiger partial charge is 0.427 e. The molecule has 1 atom stereocenters. The predicted octanol–water partition coefficient (Wildman–Crippen LogP) is 19.4. The third-order valence-corrected chi connectivity index (χ3v) is 13.0. The highest BCUT2D eigenvalue weighted by Gasteiger charge is 2.42. The standard InChI is InChI=1S/C55H108O5S/c1-12-14-15-16-26-33-41-50(42-40-49-61-51(56)57-13-2)55(58-46-37-30-23-17-20-27-34-43-52(3,4)5,59-47-38-31-24-18-21-28-35-44-53(6,7)8)60-48-39-32-25-19-22-29-36-45-54(9,10)11/h13,50H,2,12,14-49H2,1,3-11H3. The van der Waals surface area contributed by atoms with E-state index in [1.165, 1.54) is 185 Å². The normalized spacial score (nSPS) is 13.2. The van der Waals surface area contributed by atoms with Gasteiger partial charge in [0.15, 0.2) is 0 Å². The van der Waals surface area contributed by atoms with Gasteiger partial charge < -0.3 is 18.9 Å². The number of carbonyl (C=O) groups is 1. The van der Waals surface area contributed by atoms with Gasteiger partial charge in [-0.3, -0.25) is 0 Å². The maximum atomic E-state index is 12.2. The van der Waals surface area contributed by atoms with Gasteiger partial charge in [0.25, 0.3) is 5.97 Å². The maximum Gasteiger partial charge on any atom is 0.372 e. The van der Waals surface area contributed by atoms with Crippen molar-refractivity contribution in [2.75, 3.05) is 25.6 Å². The van der Waals surface area contributed by atoms with Crippen LogP contribution in [-0.4, -0.2) is 36.8 Å². The highest BCUT2D eigenvalue weighted by atomic mass is 32.2. The minimum atomic E-state index is -1.04. The molecule has 0 aromatic carbocycles. The fourth-order valence-corrected chi connectivity index (χ4v) is 8.92. The summed E-state index contributed by atoms with van der Waals surface area (Å²) in [6.07, 6.45) is 41.9. The molecular formula is C55H108O5S. The van der Waals surface area contributed by atoms with Gasteiger partial charge in [0.2, 0.25) is 0 Å². The highest BCUT2D eigenvalue weighted by molar-refractivity contribution is 8.13. The van der Waals surface area contributed by atoms with Crippen LogP contribution in [-0.2, 0) is 18.9 Å². The number of carbonyl (C=O) groups excluding carboxylic acids is 1. The van der Waals surface area contributed by atoms with E-state index >= 15 is 0 Å². The Hall–Kier alpha value is -0.560. The molecule has 0 aromatic rings. The van der Waals surface area contributed by atoms with E-state index in [-0.39, 0.29) is 11.2 Å². The van der Waals surface area contributed by atoms with Crippen LogP contribution in [0.5, 0.6) is 0 Å². The van der Waals surface area contributed by atoms with Gasteiger partial charge in [-0.25, -0.2) is 4.79 Å². The average Bonchev–Trinajstić information content (AvgIpc) is 3.17. The van der Waals surface area contributed by atoms with Crippen LogP contribution in [0.15, 0.2) is 12.8 Å². The lowest BCUT2D eigenvalue weighted by molar-refractivity contribution is -0.407. The Bertz CT molecular complexity index is 893. The average molecular weight is 882 g/mol. The Kier molecular flexibility index (Phi) is 38.3. The van der Waals surface area contributed by atoms with Gasteiger partial charge in [0.1, 0.15) is 0 Å². The summed E-state index contributed by atoms with van der Waals surface area (Å²) in [6.45, 7) is 29.0. The van der Waals surface area contributed by atoms with Crippen molar-refractivity contribution in [3.8, 4) is 0 Å². The second-order valence-electron chi connectivity index (χ2n) is 22.3. The van der Waals surface area contributed by atoms with E-state index in [9.17, 15) is 4.79 Å². The van der Waals surface area contributed by atoms with E-state index in [1.54, 1.807) is 0 Å². The van der Waals surface area contributed by atoms with E-state index < -0.39 is 5.97 Å². The highest BCUT2D eigenvalue weighted by Crippen LogP contribution is 2.36. The van der Waals surface area contributed by atoms with Crippen LogP contribution in [0.3, 0.4) is 0 Å². The zero-order chi connectivity index (χ0) is 45.6. The molecule has 0 aliphatic carbocycles. The van der Waals surface area contributed by atoms with Crippen LogP contribution in [0.4, 0.5) is 4.79 Å². The molecule has 0 saturated heterocycles. The van der Waals surface area contributed by atoms with E-state index in [4.69, 9.17) is 18.9 Å². The minimum absolute atomic E-state index is 0.114. The molecule has 5 nitrogen and oxygen atoms in total. The Balaban J connectivity index is 5.81. The second-order valence-corrected chi connectivity index (χ2v) is 23.3. The fourth-order valence-electron chi connectivity index (χ4n) is 8.30. The lowest BCUT2D eigenvalue weighted by atomic mass is 9.89. The lowest BCUT2D eigenvalue weighted by Gasteiger charge is -2.40. The lowest BCUT2D eigenvalue weighted by Crippen LogP contribution is -2.47. The molecule has 0 aromatic heterocycles. The quantitative estimate of drug-likeness (QED) is 0.0263. The summed E-state index contributed by atoms with van der Waals surface area (Å²) in [4.78, 5) is 12.2. The van der Waals surface area contributed by atoms with Gasteiger partial charge in [-0.15, -0.1) is 0 Å². The second kappa shape index (κ2) is 38.7. The Labute approximate surface area is 386 Å². The van der Waals surface area contributed by atoms with Gasteiger partial charge in [-0.1, -0.05) is 230 Å². The summed E-state index contributed by atoms with van der Waals surface area (Å²) in [5.41, 5.74) is 1.32. The predicted molar refractivity (Wildman–Crippen MR) is 270 cm³/mol. The van der Waals surface area contributed by atoms with E-state index in [0.717, 1.165) is 44.9 Å². The van der Waals surface area contributed by atoms with Crippen LogP contribution in [0.25, 0.3) is 0 Å². The van der Waals surface area contributed by atoms with Crippen molar-refractivity contribution in [1.29, 1.82) is 0 Å². The molecule has 0 heterocycles. The zero-order valence-corrected chi connectivity index (χ0v) is 43.8. The molecule has 0 aliphatic heterocycles. The first-order valence-electron chi connectivity index (χ1n) is 26.4. The molecule has 0 fully saturated rings. The third-order valence-electron chi connectivity index (χ3n) is 12.1. The van der Waals surface area contributed by atoms with E-state index in [2.05, 4.69) is 75.8 Å². The summed E-state index contributed by atoms with van der Waals surface area (Å²) in [7, 11) is 0. The Morgan fingerprint density at radius 2 is 0.770 bits per heavy atom. The number of hydrogen-bond acceptors (Lipinski definition) is 6. The first-order valence-corrected chi connectivity index (χ1v) is 27.4. The monoisotopic (exact) mass is 881 g/mol. The number of hydrogen-bond donors (Lipinski definition) is 0. The topological polar surface area (TPSA) is 54.0 Å². The van der Waals surface area contributed by atoms with E-state index in [1.807, 2.05) is 0 Å². The van der Waals surface area contributed by atoms with Crippen LogP contribution >= 0.6 is 11.8 Å². The zero-order valence-electron chi connectivity index (χ0n) is 43.0. The van der Waals surface area contributed by atoms with Crippen LogP contribution < -0.4 is 0 Å². The molecule has 0 aliphatic rings. The summed E-state index contributed by atoms with van der Waals surface area (Å²) in [5.74, 6) is -0.220. The van der Waals surface area contributed by atoms with Crippen LogP contribution in [0, 0.1) is 22.2 Å². The number of unbranched alkanes of at least 4 members (excludes halogenated alkanes) is 23. The molecule has 61 heavy (non-hydrogen) atoms. The maximum absolute atomic E-state index is 12.2. The van der Waals surface area contributed by atoms with Gasteiger partial charge in [0, 0.05) is 11.7 Å². The molecular weight excluding hydrogens is 773 g/mol. The van der Waals surface area contributed by atoms with Crippen molar-refractivity contribution in [3.05, 3.63) is 12.8 Å². The van der Waals surface area contributed by atoms with Crippen molar-refractivity contribution in [3.63, 3.8) is 0 Å². The number of ether oxygens (including phenoxy) is 4. The molecule has 6 heteroatoms. The Morgan fingerprint density at radius 1 is 0.459 bits per heavy atom. The van der Waals surface area contributed by atoms with Crippen molar-refractivity contribution in [1.82, 2.24) is 0 Å². The van der Waals surface area contributed by atoms with Crippen molar-refractivity contribution in [2.24, 2.45) is 22.2 Å². The SMILES string of the molecule is C=COC(=O)SCCCC(CCCCCCCC)C(OCCCCCCCCCC(C)(C)C)(OCCCCCCCCCC(C)(C)C)OCCCCCCCCCC(C)(C)C. The molecule has 0 spiro atoms. The fraction of sp³-hybridized carbons (Fsp3) is 0.945. The molecule has 0 N–H and O–H groups in total. The molecule has 0 bridgehead atoms. The molecule has 0 saturated carbocycles. The minimum Gasteiger partial charge on any atom is -0.427 e. The molecule has 0 radical (unpaired) electrons. The van der Waals surface area contributed by atoms with Crippen LogP contribution in [0.2, 0.25) is 0 Å². The number of thioether (sulfide) groups is 1. The van der Waals surface area contributed by atoms with Crippen molar-refractivity contribution >= 4 is 17.1 Å². The first kappa shape index (κ1) is 60.4. The summed E-state index contributed by atoms with van der Waals surface area (Å²) < 4.78 is 26.1. The molecule has 0 amide bonds. The van der Waals surface area contributed by atoms with Gasteiger partial charge >= 0.3 is 5.30 Å². The van der Waals surface area contributed by atoms with E-state index in [0.29, 0.717) is 41.8 Å². The van der Waals surface area contributed by atoms with Gasteiger partial charge in [-0.2, -0.15) is 0 Å².